The minimum Gasteiger partial charge on any atom is -0.343 e. The first-order chi connectivity index (χ1) is 15.2. The number of carbonyl (C=O) groups excluding carboxylic acids is 2. The van der Waals surface area contributed by atoms with Crippen LogP contribution in [-0.2, 0) is 17.3 Å². The molecule has 8 nitrogen and oxygen atoms in total. The molecule has 3 heterocycles. The Hall–Kier alpha value is -3.29. The van der Waals surface area contributed by atoms with Crippen molar-refractivity contribution in [2.45, 2.75) is 44.9 Å². The zero-order chi connectivity index (χ0) is 22.9. The van der Waals surface area contributed by atoms with E-state index in [1.165, 1.54) is 0 Å². The van der Waals surface area contributed by atoms with Gasteiger partial charge >= 0.3 is 0 Å². The van der Waals surface area contributed by atoms with Crippen LogP contribution in [0.5, 0.6) is 0 Å². The summed E-state index contributed by atoms with van der Waals surface area (Å²) in [4.78, 5) is 47.3. The molecule has 0 radical (unpaired) electrons. The zero-order valence-electron chi connectivity index (χ0n) is 18.8. The number of aryl methyl sites for hydroxylation is 1. The maximum atomic E-state index is 12.8. The first-order valence-electron chi connectivity index (χ1n) is 11.0. The number of nitrogens with zero attached hydrogens (tertiary/aromatic N) is 4. The number of hydrogen-bond acceptors (Lipinski definition) is 5. The first-order valence-corrected chi connectivity index (χ1v) is 11.0. The maximum absolute atomic E-state index is 12.8. The minimum atomic E-state index is -0.451. The molecule has 0 bridgehead atoms. The molecule has 8 heteroatoms. The fourth-order valence-electron chi connectivity index (χ4n) is 4.28. The molecule has 0 aliphatic carbocycles. The van der Waals surface area contributed by atoms with Gasteiger partial charge in [0.25, 0.3) is 5.56 Å². The highest BCUT2D eigenvalue weighted by Gasteiger charge is 2.30. The van der Waals surface area contributed by atoms with Crippen molar-refractivity contribution in [3.05, 3.63) is 58.4 Å². The molecule has 1 saturated heterocycles. The van der Waals surface area contributed by atoms with Crippen molar-refractivity contribution in [1.29, 1.82) is 0 Å². The lowest BCUT2D eigenvalue weighted by Crippen LogP contribution is -2.40. The number of hydrogen-bond donors (Lipinski definition) is 1. The second-order valence-corrected chi connectivity index (χ2v) is 9.24. The van der Waals surface area contributed by atoms with Crippen LogP contribution in [0.15, 0.2) is 41.5 Å². The zero-order valence-corrected chi connectivity index (χ0v) is 18.8. The van der Waals surface area contributed by atoms with Crippen molar-refractivity contribution < 1.29 is 9.59 Å². The molecule has 168 valence electrons. The Balaban J connectivity index is 1.34. The summed E-state index contributed by atoms with van der Waals surface area (Å²) in [6, 6.07) is 7.25. The largest absolute Gasteiger partial charge is 0.343 e. The lowest BCUT2D eigenvalue weighted by Gasteiger charge is -2.32. The van der Waals surface area contributed by atoms with Crippen LogP contribution in [0.4, 0.5) is 0 Å². The van der Waals surface area contributed by atoms with Gasteiger partial charge in [-0.2, -0.15) is 5.10 Å². The van der Waals surface area contributed by atoms with Gasteiger partial charge in [-0.05, 0) is 31.4 Å². The lowest BCUT2D eigenvalue weighted by molar-refractivity contribution is -0.132. The molecule has 0 spiro atoms. The summed E-state index contributed by atoms with van der Waals surface area (Å²) in [5.41, 5.74) is 0.681. The van der Waals surface area contributed by atoms with Gasteiger partial charge in [0.2, 0.25) is 5.91 Å². The van der Waals surface area contributed by atoms with E-state index in [0.29, 0.717) is 61.1 Å². The van der Waals surface area contributed by atoms with Crippen LogP contribution >= 0.6 is 0 Å². The molecule has 1 aliphatic rings. The molecule has 0 atom stereocenters. The van der Waals surface area contributed by atoms with Crippen LogP contribution < -0.4 is 5.56 Å². The van der Waals surface area contributed by atoms with Gasteiger partial charge in [-0.3, -0.25) is 19.1 Å². The molecule has 2 aromatic heterocycles. The molecule has 4 rings (SSSR count). The van der Waals surface area contributed by atoms with Gasteiger partial charge in [0.15, 0.2) is 5.78 Å². The molecular formula is C24H29N5O3. The molecule has 0 unspecified atom stereocenters. The van der Waals surface area contributed by atoms with Crippen molar-refractivity contribution in [1.82, 2.24) is 24.6 Å². The van der Waals surface area contributed by atoms with E-state index in [1.54, 1.807) is 30.2 Å². The van der Waals surface area contributed by atoms with Crippen LogP contribution in [0.1, 0.15) is 55.7 Å². The Morgan fingerprint density at radius 3 is 2.59 bits per heavy atom. The van der Waals surface area contributed by atoms with Crippen LogP contribution in [-0.4, -0.2) is 49.4 Å². The van der Waals surface area contributed by atoms with Gasteiger partial charge in [-0.1, -0.05) is 26.0 Å². The predicted octanol–water partition coefficient (Wildman–Crippen LogP) is 2.84. The van der Waals surface area contributed by atoms with Crippen LogP contribution in [0.2, 0.25) is 0 Å². The number of nitrogens with one attached hydrogen (secondary N) is 1. The molecule has 0 saturated carbocycles. The van der Waals surface area contributed by atoms with E-state index in [2.05, 4.69) is 15.1 Å². The number of ketones is 1. The molecule has 1 N–H and O–H groups in total. The molecule has 1 amide bonds. The maximum Gasteiger partial charge on any atom is 0.258 e. The second-order valence-electron chi connectivity index (χ2n) is 9.24. The molecule has 1 fully saturated rings. The number of piperidine rings is 1. The van der Waals surface area contributed by atoms with Crippen LogP contribution in [0.25, 0.3) is 10.9 Å². The quantitative estimate of drug-likeness (QED) is 0.600. The standard InChI is InChI=1S/C24H29N5O3/c1-24(2,23-26-19-7-5-4-6-18(19)22(32)27-23)11-8-20(30)29-12-9-16(10-13-29)21(31)17-14-25-28(3)15-17/h4-7,14-16H,8-13H2,1-3H3,(H,26,27,32). The van der Waals surface area contributed by atoms with E-state index >= 15 is 0 Å². The predicted molar refractivity (Wildman–Crippen MR) is 121 cm³/mol. The third kappa shape index (κ3) is 4.49. The Bertz CT molecular complexity index is 1200. The van der Waals surface area contributed by atoms with Gasteiger partial charge in [-0.15, -0.1) is 0 Å². The van der Waals surface area contributed by atoms with Crippen molar-refractivity contribution in [2.24, 2.45) is 13.0 Å². The summed E-state index contributed by atoms with van der Waals surface area (Å²) in [5.74, 6) is 0.715. The number of rotatable bonds is 6. The Labute approximate surface area is 186 Å². The lowest BCUT2D eigenvalue weighted by atomic mass is 9.86. The Kier molecular flexibility index (Phi) is 5.95. The number of aromatic nitrogens is 4. The van der Waals surface area contributed by atoms with E-state index in [0.717, 1.165) is 0 Å². The summed E-state index contributed by atoms with van der Waals surface area (Å²) in [6.45, 7) is 5.15. The van der Waals surface area contributed by atoms with Crippen LogP contribution in [0.3, 0.4) is 0 Å². The van der Waals surface area contributed by atoms with Gasteiger partial charge in [-0.25, -0.2) is 4.98 Å². The van der Waals surface area contributed by atoms with E-state index in [4.69, 9.17) is 0 Å². The summed E-state index contributed by atoms with van der Waals surface area (Å²) in [6.07, 6.45) is 5.62. The molecule has 1 aromatic carbocycles. The highest BCUT2D eigenvalue weighted by Crippen LogP contribution is 2.27. The van der Waals surface area contributed by atoms with Crippen LogP contribution in [0, 0.1) is 5.92 Å². The fourth-order valence-corrected chi connectivity index (χ4v) is 4.28. The van der Waals surface area contributed by atoms with Crippen molar-refractivity contribution in [2.75, 3.05) is 13.1 Å². The van der Waals surface area contributed by atoms with Crippen molar-refractivity contribution in [3.63, 3.8) is 0 Å². The highest BCUT2D eigenvalue weighted by molar-refractivity contribution is 5.97. The topological polar surface area (TPSA) is 101 Å². The minimum absolute atomic E-state index is 0.0634. The van der Waals surface area contributed by atoms with Gasteiger partial charge in [0.1, 0.15) is 5.82 Å². The summed E-state index contributed by atoms with van der Waals surface area (Å²) >= 11 is 0. The number of fused-ring (bicyclic) bond motifs is 1. The van der Waals surface area contributed by atoms with Gasteiger partial charge < -0.3 is 9.88 Å². The highest BCUT2D eigenvalue weighted by atomic mass is 16.2. The molecule has 1 aliphatic heterocycles. The average molecular weight is 436 g/mol. The number of likely N-dealkylation sites (tertiary alicyclic amines) is 1. The Morgan fingerprint density at radius 1 is 1.19 bits per heavy atom. The number of carbonyl (C=O) groups is 2. The number of Topliss-reactive ketones (excluding diaryl/α,β-unsaturated/α-hetero) is 1. The normalized spacial score (nSPS) is 15.3. The van der Waals surface area contributed by atoms with Crippen molar-refractivity contribution in [3.8, 4) is 0 Å². The fraction of sp³-hybridized carbons (Fsp3) is 0.458. The Morgan fingerprint density at radius 2 is 1.91 bits per heavy atom. The monoisotopic (exact) mass is 435 g/mol. The number of H-pyrrole nitrogens is 1. The van der Waals surface area contributed by atoms with Gasteiger partial charge in [0, 0.05) is 44.1 Å². The third-order valence-corrected chi connectivity index (χ3v) is 6.43. The summed E-state index contributed by atoms with van der Waals surface area (Å²) in [7, 11) is 1.79. The van der Waals surface area contributed by atoms with Gasteiger partial charge in [0.05, 0.1) is 22.7 Å². The number of para-hydroxylation sites is 1. The van der Waals surface area contributed by atoms with E-state index in [-0.39, 0.29) is 23.2 Å². The van der Waals surface area contributed by atoms with E-state index in [1.807, 2.05) is 36.9 Å². The first kappa shape index (κ1) is 21.9. The summed E-state index contributed by atoms with van der Waals surface area (Å²) < 4.78 is 1.63. The molecule has 3 aromatic rings. The molecule has 32 heavy (non-hydrogen) atoms. The molecular weight excluding hydrogens is 406 g/mol. The number of benzene rings is 1. The van der Waals surface area contributed by atoms with E-state index in [9.17, 15) is 14.4 Å². The van der Waals surface area contributed by atoms with E-state index < -0.39 is 5.41 Å². The number of amides is 1. The second kappa shape index (κ2) is 8.68. The average Bonchev–Trinajstić information content (AvgIpc) is 3.23. The third-order valence-electron chi connectivity index (χ3n) is 6.43. The smallest absolute Gasteiger partial charge is 0.258 e. The SMILES string of the molecule is Cn1cc(C(=O)C2CCN(C(=O)CCC(C)(C)c3nc4ccccc4c(=O)[nH]3)CC2)cn1. The summed E-state index contributed by atoms with van der Waals surface area (Å²) in [5, 5.41) is 4.64. The van der Waals surface area contributed by atoms with Crippen molar-refractivity contribution >= 4 is 22.6 Å². The number of aromatic amines is 1.